The van der Waals surface area contributed by atoms with Gasteiger partial charge in [-0.25, -0.2) is 8.42 Å². The maximum absolute atomic E-state index is 13.1. The number of methoxy groups -OCH3 is 2. The van der Waals surface area contributed by atoms with Crippen LogP contribution in [0.1, 0.15) is 21.7 Å². The van der Waals surface area contributed by atoms with E-state index in [0.717, 1.165) is 0 Å². The Hall–Kier alpha value is -2.56. The fraction of sp³-hybridized carbons (Fsp3) is 0.421. The number of aryl methyl sites for hydroxylation is 1. The minimum Gasteiger partial charge on any atom is -0.497 e. The fourth-order valence-electron chi connectivity index (χ4n) is 3.36. The van der Waals surface area contributed by atoms with Gasteiger partial charge < -0.3 is 24.5 Å². The largest absolute Gasteiger partial charge is 0.497 e. The van der Waals surface area contributed by atoms with Gasteiger partial charge in [-0.15, -0.1) is 0 Å². The second kappa shape index (κ2) is 8.44. The van der Waals surface area contributed by atoms with Crippen LogP contribution in [0, 0.1) is 13.8 Å². The summed E-state index contributed by atoms with van der Waals surface area (Å²) in [4.78, 5) is 16.0. The molecule has 1 amide bonds. The number of nitrogens with one attached hydrogen (secondary N) is 2. The van der Waals surface area contributed by atoms with Crippen molar-refractivity contribution in [3.05, 3.63) is 35.2 Å². The summed E-state index contributed by atoms with van der Waals surface area (Å²) >= 11 is 0. The molecule has 0 unspecified atom stereocenters. The molecule has 2 N–H and O–H groups in total. The molecule has 158 valence electrons. The Kier molecular flexibility index (Phi) is 6.15. The third-order valence-corrected chi connectivity index (χ3v) is 6.99. The maximum Gasteiger partial charge on any atom is 0.272 e. The summed E-state index contributed by atoms with van der Waals surface area (Å²) in [6.45, 7) is 4.54. The van der Waals surface area contributed by atoms with Gasteiger partial charge in [0.05, 0.1) is 33.1 Å². The Morgan fingerprint density at radius 1 is 1.17 bits per heavy atom. The van der Waals surface area contributed by atoms with Crippen molar-refractivity contribution in [1.82, 2.24) is 9.29 Å². The van der Waals surface area contributed by atoms with Crippen molar-refractivity contribution in [2.45, 2.75) is 18.7 Å². The van der Waals surface area contributed by atoms with Gasteiger partial charge in [0, 0.05) is 24.8 Å². The molecule has 1 aromatic carbocycles. The van der Waals surface area contributed by atoms with Crippen LogP contribution >= 0.6 is 0 Å². The van der Waals surface area contributed by atoms with Crippen LogP contribution in [-0.2, 0) is 14.8 Å². The van der Waals surface area contributed by atoms with Gasteiger partial charge in [-0.2, -0.15) is 4.31 Å². The smallest absolute Gasteiger partial charge is 0.272 e. The average Bonchev–Trinajstić information content (AvgIpc) is 3.03. The Labute approximate surface area is 170 Å². The highest BCUT2D eigenvalue weighted by Crippen LogP contribution is 2.31. The molecule has 0 radical (unpaired) electrons. The predicted octanol–water partition coefficient (Wildman–Crippen LogP) is 1.92. The number of amides is 1. The van der Waals surface area contributed by atoms with Crippen molar-refractivity contribution in [3.8, 4) is 11.5 Å². The van der Waals surface area contributed by atoms with Crippen LogP contribution in [0.4, 0.5) is 5.69 Å². The first-order chi connectivity index (χ1) is 13.8. The van der Waals surface area contributed by atoms with Gasteiger partial charge in [0.25, 0.3) is 5.91 Å². The zero-order chi connectivity index (χ0) is 21.2. The molecule has 1 aliphatic heterocycles. The molecule has 2 heterocycles. The molecule has 0 bridgehead atoms. The molecule has 0 atom stereocenters. The van der Waals surface area contributed by atoms with E-state index in [0.29, 0.717) is 41.7 Å². The van der Waals surface area contributed by atoms with Gasteiger partial charge in [0.2, 0.25) is 10.0 Å². The molecule has 2 aromatic rings. The number of carbonyl (C=O) groups is 1. The highest BCUT2D eigenvalue weighted by Gasteiger charge is 2.32. The fourth-order valence-corrected chi connectivity index (χ4v) is 5.17. The molecule has 0 saturated carbocycles. The van der Waals surface area contributed by atoms with Crippen molar-refractivity contribution in [2.24, 2.45) is 0 Å². The molecule has 10 heteroatoms. The van der Waals surface area contributed by atoms with E-state index in [1.165, 1.54) is 18.5 Å². The van der Waals surface area contributed by atoms with Gasteiger partial charge >= 0.3 is 0 Å². The summed E-state index contributed by atoms with van der Waals surface area (Å²) in [5, 5.41) is 2.76. The molecule has 1 fully saturated rings. The Bertz CT molecular complexity index is 1010. The SMILES string of the molecule is COc1ccc(OC)c(NC(=O)c2[nH]c(C)c(S(=O)(=O)N3CCOCC3)c2C)c1. The van der Waals surface area contributed by atoms with Gasteiger partial charge in [-0.1, -0.05) is 0 Å². The lowest BCUT2D eigenvalue weighted by Gasteiger charge is -2.26. The molecule has 1 aliphatic rings. The Balaban J connectivity index is 1.93. The zero-order valence-corrected chi connectivity index (χ0v) is 17.7. The number of hydrogen-bond acceptors (Lipinski definition) is 6. The molecule has 1 saturated heterocycles. The van der Waals surface area contributed by atoms with Crippen molar-refractivity contribution in [3.63, 3.8) is 0 Å². The second-order valence-corrected chi connectivity index (χ2v) is 8.49. The van der Waals surface area contributed by atoms with E-state index < -0.39 is 15.9 Å². The zero-order valence-electron chi connectivity index (χ0n) is 16.9. The second-order valence-electron chi connectivity index (χ2n) is 6.62. The van der Waals surface area contributed by atoms with E-state index in [1.54, 1.807) is 32.0 Å². The number of aromatic amines is 1. The van der Waals surface area contributed by atoms with Crippen molar-refractivity contribution >= 4 is 21.6 Å². The Morgan fingerprint density at radius 2 is 1.86 bits per heavy atom. The minimum atomic E-state index is -3.74. The number of carbonyl (C=O) groups excluding carboxylic acids is 1. The normalized spacial score (nSPS) is 15.2. The quantitative estimate of drug-likeness (QED) is 0.735. The van der Waals surface area contributed by atoms with Crippen LogP contribution in [0.25, 0.3) is 0 Å². The van der Waals surface area contributed by atoms with E-state index in [-0.39, 0.29) is 23.7 Å². The first kappa shape index (κ1) is 21.2. The van der Waals surface area contributed by atoms with E-state index in [4.69, 9.17) is 14.2 Å². The number of H-pyrrole nitrogens is 1. The molecule has 0 spiro atoms. The lowest BCUT2D eigenvalue weighted by atomic mass is 10.2. The molecular weight excluding hydrogens is 398 g/mol. The van der Waals surface area contributed by atoms with Crippen LogP contribution in [0.15, 0.2) is 23.1 Å². The number of nitrogens with zero attached hydrogens (tertiary/aromatic N) is 1. The number of aromatic nitrogens is 1. The van der Waals surface area contributed by atoms with Crippen LogP contribution in [-0.4, -0.2) is 64.1 Å². The van der Waals surface area contributed by atoms with Gasteiger partial charge in [0.1, 0.15) is 22.1 Å². The van der Waals surface area contributed by atoms with Crippen LogP contribution in [0.3, 0.4) is 0 Å². The van der Waals surface area contributed by atoms with Gasteiger partial charge in [0.15, 0.2) is 0 Å². The van der Waals surface area contributed by atoms with E-state index >= 15 is 0 Å². The van der Waals surface area contributed by atoms with E-state index in [9.17, 15) is 13.2 Å². The molecule has 1 aromatic heterocycles. The van der Waals surface area contributed by atoms with Crippen LogP contribution in [0.5, 0.6) is 11.5 Å². The van der Waals surface area contributed by atoms with E-state index in [2.05, 4.69) is 10.3 Å². The van der Waals surface area contributed by atoms with Crippen LogP contribution in [0.2, 0.25) is 0 Å². The van der Waals surface area contributed by atoms with Crippen molar-refractivity contribution in [2.75, 3.05) is 45.8 Å². The third kappa shape index (κ3) is 4.09. The molecule has 29 heavy (non-hydrogen) atoms. The lowest BCUT2D eigenvalue weighted by Crippen LogP contribution is -2.40. The summed E-state index contributed by atoms with van der Waals surface area (Å²) in [6.07, 6.45) is 0. The van der Waals surface area contributed by atoms with E-state index in [1.807, 2.05) is 0 Å². The number of benzene rings is 1. The number of ether oxygens (including phenoxy) is 3. The summed E-state index contributed by atoms with van der Waals surface area (Å²) in [5.41, 5.74) is 1.38. The maximum atomic E-state index is 13.1. The Morgan fingerprint density at radius 3 is 2.48 bits per heavy atom. The number of morpholine rings is 1. The first-order valence-electron chi connectivity index (χ1n) is 9.10. The number of sulfonamides is 1. The summed E-state index contributed by atoms with van der Waals surface area (Å²) in [5.74, 6) is 0.540. The number of anilines is 1. The monoisotopic (exact) mass is 423 g/mol. The predicted molar refractivity (Wildman–Crippen MR) is 107 cm³/mol. The standard InChI is InChI=1S/C19H25N3O6S/c1-12-17(19(23)21-15-11-14(26-3)5-6-16(15)27-4)20-13(2)18(12)29(24,25)22-7-9-28-10-8-22/h5-6,11,20H,7-10H2,1-4H3,(H,21,23). The third-order valence-electron chi connectivity index (χ3n) is 4.82. The average molecular weight is 423 g/mol. The highest BCUT2D eigenvalue weighted by atomic mass is 32.2. The minimum absolute atomic E-state index is 0.127. The summed E-state index contributed by atoms with van der Waals surface area (Å²) in [7, 11) is -0.718. The molecule has 0 aliphatic carbocycles. The highest BCUT2D eigenvalue weighted by molar-refractivity contribution is 7.89. The summed E-state index contributed by atoms with van der Waals surface area (Å²) < 4.78 is 43.3. The van der Waals surface area contributed by atoms with Crippen molar-refractivity contribution < 1.29 is 27.4 Å². The number of hydrogen-bond donors (Lipinski definition) is 2. The lowest BCUT2D eigenvalue weighted by molar-refractivity contribution is 0.0730. The van der Waals surface area contributed by atoms with Crippen LogP contribution < -0.4 is 14.8 Å². The molecular formula is C19H25N3O6S. The first-order valence-corrected chi connectivity index (χ1v) is 10.5. The molecule has 9 nitrogen and oxygen atoms in total. The summed E-state index contributed by atoms with van der Waals surface area (Å²) in [6, 6.07) is 5.02. The van der Waals surface area contributed by atoms with Gasteiger partial charge in [-0.05, 0) is 31.5 Å². The molecule has 3 rings (SSSR count). The van der Waals surface area contributed by atoms with Crippen molar-refractivity contribution in [1.29, 1.82) is 0 Å². The number of rotatable bonds is 6. The van der Waals surface area contributed by atoms with Gasteiger partial charge in [-0.3, -0.25) is 4.79 Å². The topological polar surface area (TPSA) is 110 Å².